The summed E-state index contributed by atoms with van der Waals surface area (Å²) in [6.07, 6.45) is 4.13. The van der Waals surface area contributed by atoms with Crippen LogP contribution >= 0.6 is 0 Å². The monoisotopic (exact) mass is 363 g/mol. The van der Waals surface area contributed by atoms with Crippen LogP contribution < -0.4 is 0 Å². The maximum absolute atomic E-state index is 13.2. The fraction of sp³-hybridized carbons (Fsp3) is 0.381. The Balaban J connectivity index is 1.46. The van der Waals surface area contributed by atoms with Gasteiger partial charge in [0.1, 0.15) is 6.10 Å². The number of likely N-dealkylation sites (tertiary alicyclic amines) is 1. The van der Waals surface area contributed by atoms with Crippen molar-refractivity contribution < 1.29 is 14.3 Å². The topological polar surface area (TPSA) is 62.7 Å². The molecule has 0 unspecified atom stereocenters. The molecule has 138 valence electrons. The van der Waals surface area contributed by atoms with Crippen molar-refractivity contribution in [2.45, 2.75) is 37.6 Å². The number of hydrogen-bond donors (Lipinski definition) is 0. The van der Waals surface area contributed by atoms with Crippen LogP contribution in [0.4, 0.5) is 0 Å². The second-order valence-corrected chi connectivity index (χ2v) is 7.53. The Morgan fingerprint density at radius 1 is 1.26 bits per heavy atom. The van der Waals surface area contributed by atoms with Crippen molar-refractivity contribution in [3.63, 3.8) is 0 Å². The van der Waals surface area contributed by atoms with Gasteiger partial charge in [-0.2, -0.15) is 0 Å². The maximum Gasteiger partial charge on any atom is 0.256 e. The highest BCUT2D eigenvalue weighted by molar-refractivity contribution is 5.96. The quantitative estimate of drug-likeness (QED) is 0.821. The van der Waals surface area contributed by atoms with E-state index in [1.165, 1.54) is 0 Å². The molecular weight excluding hydrogens is 342 g/mol. The van der Waals surface area contributed by atoms with Crippen LogP contribution in [0.1, 0.15) is 40.4 Å². The lowest BCUT2D eigenvalue weighted by Crippen LogP contribution is -2.48. The summed E-state index contributed by atoms with van der Waals surface area (Å²) in [7, 11) is 0. The van der Waals surface area contributed by atoms with Crippen LogP contribution in [0.25, 0.3) is 0 Å². The number of pyridine rings is 1. The van der Waals surface area contributed by atoms with Crippen LogP contribution in [0, 0.1) is 6.92 Å². The number of benzene rings is 1. The summed E-state index contributed by atoms with van der Waals surface area (Å²) < 4.78 is 6.50. The zero-order chi connectivity index (χ0) is 18.6. The molecule has 3 aliphatic rings. The number of carbonyl (C=O) groups is 2. The molecule has 1 spiro atoms. The molecule has 3 saturated heterocycles. The number of ether oxygens (including phenoxy) is 1. The predicted octanol–water partition coefficient (Wildman–Crippen LogP) is 2.30. The molecule has 0 N–H and O–H groups in total. The van der Waals surface area contributed by atoms with Crippen molar-refractivity contribution >= 4 is 11.8 Å². The Morgan fingerprint density at radius 2 is 2.07 bits per heavy atom. The van der Waals surface area contributed by atoms with E-state index in [4.69, 9.17) is 4.74 Å². The van der Waals surface area contributed by atoms with Gasteiger partial charge >= 0.3 is 0 Å². The average molecular weight is 363 g/mol. The maximum atomic E-state index is 13.2. The van der Waals surface area contributed by atoms with Crippen LogP contribution in [-0.2, 0) is 9.53 Å². The minimum absolute atomic E-state index is 0.0658. The van der Waals surface area contributed by atoms with Gasteiger partial charge in [0.05, 0.1) is 24.6 Å². The van der Waals surface area contributed by atoms with E-state index in [0.29, 0.717) is 31.5 Å². The largest absolute Gasteiger partial charge is 0.343 e. The summed E-state index contributed by atoms with van der Waals surface area (Å²) in [5.41, 5.74) is 1.87. The van der Waals surface area contributed by atoms with Crippen LogP contribution in [-0.4, -0.2) is 51.5 Å². The molecule has 6 nitrogen and oxygen atoms in total. The van der Waals surface area contributed by atoms with E-state index in [9.17, 15) is 9.59 Å². The summed E-state index contributed by atoms with van der Waals surface area (Å²) in [6, 6.07) is 11.6. The molecule has 3 aliphatic heterocycles. The molecule has 0 aliphatic carbocycles. The van der Waals surface area contributed by atoms with E-state index in [2.05, 4.69) is 4.98 Å². The number of aryl methyl sites for hydroxylation is 1. The molecule has 1 aromatic carbocycles. The Bertz CT molecular complexity index is 916. The van der Waals surface area contributed by atoms with E-state index in [1.54, 1.807) is 12.4 Å². The third-order valence-corrected chi connectivity index (χ3v) is 6.13. The molecule has 3 atom stereocenters. The Morgan fingerprint density at radius 3 is 2.85 bits per heavy atom. The van der Waals surface area contributed by atoms with E-state index >= 15 is 0 Å². The first-order valence-corrected chi connectivity index (χ1v) is 9.35. The molecule has 2 amide bonds. The summed E-state index contributed by atoms with van der Waals surface area (Å²) >= 11 is 0. The van der Waals surface area contributed by atoms with E-state index in [-0.39, 0.29) is 24.0 Å². The molecule has 3 fully saturated rings. The lowest BCUT2D eigenvalue weighted by Gasteiger charge is -2.32. The van der Waals surface area contributed by atoms with Gasteiger partial charge in [0, 0.05) is 25.4 Å². The molecule has 0 bridgehead atoms. The molecule has 5 rings (SSSR count). The van der Waals surface area contributed by atoms with Crippen LogP contribution in [0.3, 0.4) is 0 Å². The molecule has 1 aromatic heterocycles. The highest BCUT2D eigenvalue weighted by Crippen LogP contribution is 2.50. The third kappa shape index (κ3) is 2.33. The number of carbonyl (C=O) groups excluding carboxylic acids is 2. The van der Waals surface area contributed by atoms with Crippen molar-refractivity contribution in [3.8, 4) is 0 Å². The minimum atomic E-state index is -0.691. The Labute approximate surface area is 157 Å². The van der Waals surface area contributed by atoms with Crippen molar-refractivity contribution in [1.29, 1.82) is 0 Å². The molecule has 2 aromatic rings. The first-order valence-electron chi connectivity index (χ1n) is 9.35. The van der Waals surface area contributed by atoms with Crippen LogP contribution in [0.15, 0.2) is 48.8 Å². The van der Waals surface area contributed by atoms with E-state index in [0.717, 1.165) is 11.1 Å². The average Bonchev–Trinajstić information content (AvgIpc) is 3.31. The molecule has 27 heavy (non-hydrogen) atoms. The van der Waals surface area contributed by atoms with Gasteiger partial charge in [-0.25, -0.2) is 0 Å². The van der Waals surface area contributed by atoms with Gasteiger partial charge in [-0.05, 0) is 24.1 Å². The van der Waals surface area contributed by atoms with Gasteiger partial charge in [0.15, 0.2) is 5.72 Å². The van der Waals surface area contributed by atoms with Crippen molar-refractivity contribution in [2.24, 2.45) is 0 Å². The smallest absolute Gasteiger partial charge is 0.256 e. The van der Waals surface area contributed by atoms with Gasteiger partial charge < -0.3 is 14.5 Å². The summed E-state index contributed by atoms with van der Waals surface area (Å²) in [6.45, 7) is 3.04. The lowest BCUT2D eigenvalue weighted by molar-refractivity contribution is -0.138. The van der Waals surface area contributed by atoms with Gasteiger partial charge in [0.25, 0.3) is 5.91 Å². The van der Waals surface area contributed by atoms with Crippen LogP contribution in [0.2, 0.25) is 0 Å². The molecule has 6 heteroatoms. The number of amides is 2. The predicted molar refractivity (Wildman–Crippen MR) is 97.7 cm³/mol. The normalized spacial score (nSPS) is 29.1. The standard InChI is InChI=1S/C21H21N3O3/c1-14-7-9-22-12-16(14)20(26)23-10-8-21-18(23)11-19(25)24(21)13-17(27-21)15-5-3-2-4-6-15/h2-7,9,12,17-18H,8,10-11,13H2,1H3/t17-,18-,21+/m1/s1. The second kappa shape index (κ2) is 5.89. The summed E-state index contributed by atoms with van der Waals surface area (Å²) in [4.78, 5) is 33.6. The van der Waals surface area contributed by atoms with Gasteiger partial charge in [-0.3, -0.25) is 14.6 Å². The van der Waals surface area contributed by atoms with Crippen molar-refractivity contribution in [3.05, 3.63) is 65.5 Å². The fourth-order valence-electron chi connectivity index (χ4n) is 4.75. The molecule has 0 saturated carbocycles. The van der Waals surface area contributed by atoms with Gasteiger partial charge in [0.2, 0.25) is 5.91 Å². The molecule has 4 heterocycles. The molecular formula is C21H21N3O3. The van der Waals surface area contributed by atoms with Gasteiger partial charge in [-0.1, -0.05) is 30.3 Å². The SMILES string of the molecule is Cc1ccncc1C(=O)N1CC[C@@]23O[C@@H](c4ccccc4)CN2C(=O)C[C@@H]13. The van der Waals surface area contributed by atoms with Crippen molar-refractivity contribution in [2.75, 3.05) is 13.1 Å². The molecule has 0 radical (unpaired) electrons. The number of hydrogen-bond acceptors (Lipinski definition) is 4. The zero-order valence-corrected chi connectivity index (χ0v) is 15.2. The fourth-order valence-corrected chi connectivity index (χ4v) is 4.75. The first kappa shape index (κ1) is 16.4. The second-order valence-electron chi connectivity index (χ2n) is 7.53. The minimum Gasteiger partial charge on any atom is -0.343 e. The van der Waals surface area contributed by atoms with E-state index < -0.39 is 5.72 Å². The van der Waals surface area contributed by atoms with Crippen LogP contribution in [0.5, 0.6) is 0 Å². The van der Waals surface area contributed by atoms with E-state index in [1.807, 2.05) is 53.1 Å². The summed E-state index contributed by atoms with van der Waals surface area (Å²) in [5.74, 6) is 0.00252. The first-order chi connectivity index (χ1) is 13.1. The summed E-state index contributed by atoms with van der Waals surface area (Å²) in [5, 5.41) is 0. The zero-order valence-electron chi connectivity index (χ0n) is 15.2. The number of nitrogens with zero attached hydrogens (tertiary/aromatic N) is 3. The van der Waals surface area contributed by atoms with Gasteiger partial charge in [-0.15, -0.1) is 0 Å². The third-order valence-electron chi connectivity index (χ3n) is 6.13. The number of aromatic nitrogens is 1. The Kier molecular flexibility index (Phi) is 3.59. The highest BCUT2D eigenvalue weighted by atomic mass is 16.5. The van der Waals surface area contributed by atoms with Crippen molar-refractivity contribution in [1.82, 2.24) is 14.8 Å². The Hall–Kier alpha value is -2.73. The number of rotatable bonds is 2. The highest BCUT2D eigenvalue weighted by Gasteiger charge is 2.65. The lowest BCUT2D eigenvalue weighted by atomic mass is 10.1.